The molecule has 0 aromatic rings. The standard InChI is InChI=1S/C9H17N3O4/c1-9(16-4-7(13)14)5-12(6-9)8(15)11-3-2-10/h2-6,10H2,1H3,(H,11,15)(H,13,14). The number of nitrogens with two attached hydrogens (primary N) is 1. The second-order valence-corrected chi connectivity index (χ2v) is 4.01. The van der Waals surface area contributed by atoms with Gasteiger partial charge in [-0.3, -0.25) is 0 Å². The highest BCUT2D eigenvalue weighted by Crippen LogP contribution is 2.24. The summed E-state index contributed by atoms with van der Waals surface area (Å²) in [6.07, 6.45) is 0. The number of amides is 2. The quantitative estimate of drug-likeness (QED) is 0.553. The summed E-state index contributed by atoms with van der Waals surface area (Å²) in [6, 6.07) is -0.193. The number of carbonyl (C=O) groups excluding carboxylic acids is 1. The van der Waals surface area contributed by atoms with E-state index in [1.807, 2.05) is 0 Å². The van der Waals surface area contributed by atoms with Crippen molar-refractivity contribution in [3.05, 3.63) is 0 Å². The highest BCUT2D eigenvalue weighted by molar-refractivity contribution is 5.75. The molecule has 2 amide bonds. The van der Waals surface area contributed by atoms with Gasteiger partial charge < -0.3 is 25.8 Å². The molecule has 0 bridgehead atoms. The molecule has 1 aliphatic heterocycles. The van der Waals surface area contributed by atoms with E-state index in [0.717, 1.165) is 0 Å². The molecule has 1 rings (SSSR count). The molecule has 4 N–H and O–H groups in total. The Kier molecular flexibility index (Phi) is 4.08. The van der Waals surface area contributed by atoms with Gasteiger partial charge in [0.2, 0.25) is 0 Å². The van der Waals surface area contributed by atoms with Gasteiger partial charge in [-0.25, -0.2) is 9.59 Å². The third kappa shape index (κ3) is 3.35. The monoisotopic (exact) mass is 231 g/mol. The fraction of sp³-hybridized carbons (Fsp3) is 0.778. The summed E-state index contributed by atoms with van der Waals surface area (Å²) < 4.78 is 5.17. The van der Waals surface area contributed by atoms with Gasteiger partial charge in [0.25, 0.3) is 0 Å². The van der Waals surface area contributed by atoms with Crippen LogP contribution in [-0.2, 0) is 9.53 Å². The van der Waals surface area contributed by atoms with Crippen LogP contribution in [0.5, 0.6) is 0 Å². The molecule has 1 saturated heterocycles. The molecular formula is C9H17N3O4. The lowest BCUT2D eigenvalue weighted by Gasteiger charge is -2.46. The maximum Gasteiger partial charge on any atom is 0.329 e. The fourth-order valence-electron chi connectivity index (χ4n) is 1.52. The molecule has 0 saturated carbocycles. The molecule has 0 aromatic carbocycles. The molecule has 92 valence electrons. The van der Waals surface area contributed by atoms with Crippen LogP contribution in [-0.4, -0.2) is 60.4 Å². The number of ether oxygens (including phenoxy) is 1. The topological polar surface area (TPSA) is 105 Å². The Morgan fingerprint density at radius 2 is 2.19 bits per heavy atom. The Balaban J connectivity index is 2.24. The number of nitrogens with zero attached hydrogens (tertiary/aromatic N) is 1. The van der Waals surface area contributed by atoms with Crippen LogP contribution in [0.15, 0.2) is 0 Å². The van der Waals surface area contributed by atoms with E-state index in [4.69, 9.17) is 15.6 Å². The summed E-state index contributed by atoms with van der Waals surface area (Å²) in [5, 5.41) is 11.1. The highest BCUT2D eigenvalue weighted by Gasteiger charge is 2.42. The van der Waals surface area contributed by atoms with E-state index in [0.29, 0.717) is 26.2 Å². The minimum absolute atomic E-state index is 0.193. The molecule has 7 nitrogen and oxygen atoms in total. The minimum atomic E-state index is -1.01. The van der Waals surface area contributed by atoms with Gasteiger partial charge in [-0.2, -0.15) is 0 Å². The summed E-state index contributed by atoms with van der Waals surface area (Å²) in [5.74, 6) is -1.01. The molecule has 7 heteroatoms. The number of hydrogen-bond donors (Lipinski definition) is 3. The van der Waals surface area contributed by atoms with E-state index in [1.54, 1.807) is 11.8 Å². The van der Waals surface area contributed by atoms with Crippen molar-refractivity contribution < 1.29 is 19.4 Å². The van der Waals surface area contributed by atoms with Crippen LogP contribution in [0, 0.1) is 0 Å². The van der Waals surface area contributed by atoms with Crippen LogP contribution in [0.25, 0.3) is 0 Å². The first-order valence-corrected chi connectivity index (χ1v) is 5.05. The number of carboxylic acids is 1. The van der Waals surface area contributed by atoms with Crippen LogP contribution in [0.4, 0.5) is 4.79 Å². The summed E-state index contributed by atoms with van der Waals surface area (Å²) >= 11 is 0. The van der Waals surface area contributed by atoms with Crippen molar-refractivity contribution in [2.75, 3.05) is 32.8 Å². The lowest BCUT2D eigenvalue weighted by molar-refractivity contribution is -0.159. The number of urea groups is 1. The second-order valence-electron chi connectivity index (χ2n) is 4.01. The molecule has 1 aliphatic rings. The largest absolute Gasteiger partial charge is 0.480 e. The maximum atomic E-state index is 11.4. The average molecular weight is 231 g/mol. The van der Waals surface area contributed by atoms with Gasteiger partial charge in [0, 0.05) is 13.1 Å². The molecule has 0 unspecified atom stereocenters. The zero-order chi connectivity index (χ0) is 12.2. The lowest BCUT2D eigenvalue weighted by atomic mass is 9.97. The molecule has 1 fully saturated rings. The molecule has 0 aromatic heterocycles. The SMILES string of the molecule is CC1(OCC(=O)O)CN(C(=O)NCCN)C1. The zero-order valence-electron chi connectivity index (χ0n) is 9.23. The van der Waals surface area contributed by atoms with Crippen LogP contribution in [0.1, 0.15) is 6.92 Å². The normalized spacial score (nSPS) is 17.8. The highest BCUT2D eigenvalue weighted by atomic mass is 16.5. The predicted molar refractivity (Wildman–Crippen MR) is 56.0 cm³/mol. The van der Waals surface area contributed by atoms with Crippen LogP contribution >= 0.6 is 0 Å². The maximum absolute atomic E-state index is 11.4. The Morgan fingerprint density at radius 1 is 1.56 bits per heavy atom. The van der Waals surface area contributed by atoms with Gasteiger partial charge in [-0.15, -0.1) is 0 Å². The van der Waals surface area contributed by atoms with Crippen LogP contribution in [0.2, 0.25) is 0 Å². The minimum Gasteiger partial charge on any atom is -0.480 e. The lowest BCUT2D eigenvalue weighted by Crippen LogP contribution is -2.65. The van der Waals surface area contributed by atoms with Crippen molar-refractivity contribution in [2.45, 2.75) is 12.5 Å². The predicted octanol–water partition coefficient (Wildman–Crippen LogP) is -1.17. The van der Waals surface area contributed by atoms with Crippen LogP contribution < -0.4 is 11.1 Å². The number of rotatable bonds is 5. The number of carboxylic acid groups (broad SMARTS) is 1. The third-order valence-corrected chi connectivity index (χ3v) is 2.30. The Bertz CT molecular complexity index is 276. The number of nitrogens with one attached hydrogen (secondary N) is 1. The van der Waals surface area contributed by atoms with E-state index in [-0.39, 0.29) is 12.6 Å². The van der Waals surface area contributed by atoms with Crippen LogP contribution in [0.3, 0.4) is 0 Å². The number of aliphatic carboxylic acids is 1. The first-order chi connectivity index (χ1) is 7.47. The number of likely N-dealkylation sites (tertiary alicyclic amines) is 1. The Labute approximate surface area is 93.5 Å². The van der Waals surface area contributed by atoms with Crippen molar-refractivity contribution >= 4 is 12.0 Å². The summed E-state index contributed by atoms with van der Waals surface area (Å²) in [7, 11) is 0. The van der Waals surface area contributed by atoms with E-state index in [1.165, 1.54) is 0 Å². The molecule has 0 atom stereocenters. The van der Waals surface area contributed by atoms with E-state index < -0.39 is 11.6 Å². The molecule has 0 spiro atoms. The van der Waals surface area contributed by atoms with Crippen molar-refractivity contribution in [1.82, 2.24) is 10.2 Å². The summed E-state index contributed by atoms with van der Waals surface area (Å²) in [6.45, 7) is 3.07. The number of carbonyl (C=O) groups is 2. The molecule has 0 radical (unpaired) electrons. The first-order valence-electron chi connectivity index (χ1n) is 5.05. The van der Waals surface area contributed by atoms with Gasteiger partial charge in [-0.05, 0) is 6.92 Å². The van der Waals surface area contributed by atoms with Crippen molar-refractivity contribution in [1.29, 1.82) is 0 Å². The van der Waals surface area contributed by atoms with Crippen molar-refractivity contribution in [2.24, 2.45) is 5.73 Å². The molecule has 16 heavy (non-hydrogen) atoms. The Morgan fingerprint density at radius 3 is 2.69 bits per heavy atom. The van der Waals surface area contributed by atoms with Gasteiger partial charge in [-0.1, -0.05) is 0 Å². The van der Waals surface area contributed by atoms with Gasteiger partial charge in [0.1, 0.15) is 12.2 Å². The first kappa shape index (κ1) is 12.7. The Hall–Kier alpha value is -1.34. The van der Waals surface area contributed by atoms with E-state index in [9.17, 15) is 9.59 Å². The van der Waals surface area contributed by atoms with Gasteiger partial charge >= 0.3 is 12.0 Å². The second kappa shape index (κ2) is 5.13. The third-order valence-electron chi connectivity index (χ3n) is 2.30. The molecular weight excluding hydrogens is 214 g/mol. The molecule has 0 aliphatic carbocycles. The zero-order valence-corrected chi connectivity index (χ0v) is 9.23. The fourth-order valence-corrected chi connectivity index (χ4v) is 1.52. The summed E-state index contributed by atoms with van der Waals surface area (Å²) in [5.41, 5.74) is 4.70. The van der Waals surface area contributed by atoms with E-state index in [2.05, 4.69) is 5.32 Å². The van der Waals surface area contributed by atoms with Crippen molar-refractivity contribution in [3.8, 4) is 0 Å². The molecule has 1 heterocycles. The van der Waals surface area contributed by atoms with Gasteiger partial charge in [0.15, 0.2) is 0 Å². The van der Waals surface area contributed by atoms with E-state index >= 15 is 0 Å². The average Bonchev–Trinajstić information content (AvgIpc) is 2.19. The summed E-state index contributed by atoms with van der Waals surface area (Å²) in [4.78, 5) is 23.3. The van der Waals surface area contributed by atoms with Crippen molar-refractivity contribution in [3.63, 3.8) is 0 Å². The smallest absolute Gasteiger partial charge is 0.329 e. The van der Waals surface area contributed by atoms with Gasteiger partial charge in [0.05, 0.1) is 13.1 Å². The number of hydrogen-bond acceptors (Lipinski definition) is 4.